The Balaban J connectivity index is 1.79. The summed E-state index contributed by atoms with van der Waals surface area (Å²) in [6.07, 6.45) is 0.835. The molecule has 0 saturated carbocycles. The van der Waals surface area contributed by atoms with Gasteiger partial charge in [0.1, 0.15) is 0 Å². The highest BCUT2D eigenvalue weighted by Crippen LogP contribution is 2.08. The largest absolute Gasteiger partial charge is 0.356 e. The average molecular weight is 375 g/mol. The van der Waals surface area contributed by atoms with Crippen LogP contribution in [0.25, 0.3) is 0 Å². The zero-order chi connectivity index (χ0) is 19.8. The van der Waals surface area contributed by atoms with Gasteiger partial charge in [0.25, 0.3) is 5.91 Å². The number of carbonyl (C=O) groups is 1. The van der Waals surface area contributed by atoms with E-state index >= 15 is 0 Å². The fraction of sp³-hybridized carbons (Fsp3) is 0.600. The summed E-state index contributed by atoms with van der Waals surface area (Å²) in [4.78, 5) is 22.8. The molecule has 27 heavy (non-hydrogen) atoms. The van der Waals surface area contributed by atoms with Crippen LogP contribution in [0.15, 0.2) is 29.3 Å². The van der Waals surface area contributed by atoms with E-state index in [-0.39, 0.29) is 5.91 Å². The van der Waals surface area contributed by atoms with Crippen LogP contribution < -0.4 is 10.6 Å². The Kier molecular flexibility index (Phi) is 8.06. The van der Waals surface area contributed by atoms with Crippen molar-refractivity contribution in [2.75, 3.05) is 68.0 Å². The smallest absolute Gasteiger partial charge is 0.253 e. The third-order valence-corrected chi connectivity index (χ3v) is 5.00. The highest BCUT2D eigenvalue weighted by Gasteiger charge is 2.21. The third-order valence-electron chi connectivity index (χ3n) is 5.00. The number of benzene rings is 1. The van der Waals surface area contributed by atoms with Crippen molar-refractivity contribution in [3.63, 3.8) is 0 Å². The lowest BCUT2D eigenvalue weighted by molar-refractivity contribution is 0.0827. The monoisotopic (exact) mass is 374 g/mol. The Morgan fingerprint density at radius 1 is 1.26 bits per heavy atom. The van der Waals surface area contributed by atoms with E-state index in [1.165, 1.54) is 0 Å². The molecule has 1 aromatic carbocycles. The van der Waals surface area contributed by atoms with Crippen LogP contribution in [0.1, 0.15) is 15.9 Å². The van der Waals surface area contributed by atoms with Crippen molar-refractivity contribution >= 4 is 11.9 Å². The highest BCUT2D eigenvalue weighted by atomic mass is 16.2. The fourth-order valence-corrected chi connectivity index (χ4v) is 3.20. The predicted molar refractivity (Wildman–Crippen MR) is 111 cm³/mol. The second-order valence-corrected chi connectivity index (χ2v) is 7.43. The summed E-state index contributed by atoms with van der Waals surface area (Å²) in [7, 11) is 9.68. The van der Waals surface area contributed by atoms with Crippen molar-refractivity contribution in [3.8, 4) is 0 Å². The molecule has 2 rings (SSSR count). The van der Waals surface area contributed by atoms with E-state index in [4.69, 9.17) is 0 Å². The van der Waals surface area contributed by atoms with Gasteiger partial charge >= 0.3 is 0 Å². The van der Waals surface area contributed by atoms with Crippen LogP contribution in [0.5, 0.6) is 0 Å². The zero-order valence-corrected chi connectivity index (χ0v) is 17.3. The van der Waals surface area contributed by atoms with Gasteiger partial charge in [0.2, 0.25) is 0 Å². The van der Waals surface area contributed by atoms with Crippen molar-refractivity contribution < 1.29 is 4.79 Å². The van der Waals surface area contributed by atoms with Crippen LogP contribution in [0.3, 0.4) is 0 Å². The molecule has 1 amide bonds. The Labute approximate surface area is 163 Å². The molecule has 1 heterocycles. The number of piperazine rings is 1. The Bertz CT molecular complexity index is 645. The SMILES string of the molecule is CN=C(NCCc1cccc(C(=O)N(C)C)c1)NCC1CN(C)CCN1C. The van der Waals surface area contributed by atoms with Gasteiger partial charge in [0.15, 0.2) is 5.96 Å². The number of guanidine groups is 1. The summed E-state index contributed by atoms with van der Waals surface area (Å²) >= 11 is 0. The average Bonchev–Trinajstić information content (AvgIpc) is 2.66. The van der Waals surface area contributed by atoms with Crippen LogP contribution >= 0.6 is 0 Å². The maximum absolute atomic E-state index is 12.1. The zero-order valence-electron chi connectivity index (χ0n) is 17.3. The molecule has 7 heteroatoms. The molecule has 1 aliphatic heterocycles. The first-order valence-corrected chi connectivity index (χ1v) is 9.54. The quantitative estimate of drug-likeness (QED) is 0.555. The van der Waals surface area contributed by atoms with Crippen molar-refractivity contribution in [1.29, 1.82) is 0 Å². The van der Waals surface area contributed by atoms with Crippen LogP contribution in [0, 0.1) is 0 Å². The van der Waals surface area contributed by atoms with Gasteiger partial charge in [0.05, 0.1) is 0 Å². The number of hydrogen-bond donors (Lipinski definition) is 2. The van der Waals surface area contributed by atoms with Crippen molar-refractivity contribution in [1.82, 2.24) is 25.3 Å². The number of aliphatic imine (C=N–C) groups is 1. The minimum atomic E-state index is 0.0313. The molecule has 150 valence electrons. The van der Waals surface area contributed by atoms with Crippen molar-refractivity contribution in [3.05, 3.63) is 35.4 Å². The number of nitrogens with zero attached hydrogens (tertiary/aromatic N) is 4. The molecule has 0 bridgehead atoms. The second-order valence-electron chi connectivity index (χ2n) is 7.43. The first-order valence-electron chi connectivity index (χ1n) is 9.54. The van der Waals surface area contributed by atoms with Crippen LogP contribution in [-0.2, 0) is 6.42 Å². The molecule has 0 aromatic heterocycles. The van der Waals surface area contributed by atoms with Gasteiger partial charge in [-0.1, -0.05) is 12.1 Å². The van der Waals surface area contributed by atoms with E-state index < -0.39 is 0 Å². The van der Waals surface area contributed by atoms with Gasteiger partial charge < -0.3 is 20.4 Å². The molecule has 1 unspecified atom stereocenters. The molecule has 1 atom stereocenters. The van der Waals surface area contributed by atoms with Gasteiger partial charge in [0, 0.05) is 65.5 Å². The first kappa shape index (κ1) is 21.2. The van der Waals surface area contributed by atoms with Gasteiger partial charge in [-0.25, -0.2) is 0 Å². The number of likely N-dealkylation sites (N-methyl/N-ethyl adjacent to an activating group) is 2. The Morgan fingerprint density at radius 2 is 2.04 bits per heavy atom. The van der Waals surface area contributed by atoms with Gasteiger partial charge in [-0.05, 0) is 38.2 Å². The molecule has 0 spiro atoms. The minimum Gasteiger partial charge on any atom is -0.356 e. The lowest BCUT2D eigenvalue weighted by atomic mass is 10.1. The molecule has 2 N–H and O–H groups in total. The number of hydrogen-bond acceptors (Lipinski definition) is 4. The predicted octanol–water partition coefficient (Wildman–Crippen LogP) is 0.342. The van der Waals surface area contributed by atoms with E-state index in [9.17, 15) is 4.79 Å². The number of carbonyl (C=O) groups excluding carboxylic acids is 1. The van der Waals surface area contributed by atoms with Gasteiger partial charge in [-0.2, -0.15) is 0 Å². The summed E-state index contributed by atoms with van der Waals surface area (Å²) in [6.45, 7) is 4.91. The van der Waals surface area contributed by atoms with Gasteiger partial charge in [-0.3, -0.25) is 14.7 Å². The molecule has 1 fully saturated rings. The lowest BCUT2D eigenvalue weighted by Gasteiger charge is -2.37. The summed E-state index contributed by atoms with van der Waals surface area (Å²) < 4.78 is 0. The molecule has 1 saturated heterocycles. The molecule has 0 aliphatic carbocycles. The summed E-state index contributed by atoms with van der Waals surface area (Å²) in [5, 5.41) is 6.80. The molecule has 7 nitrogen and oxygen atoms in total. The van der Waals surface area contributed by atoms with Crippen molar-refractivity contribution in [2.24, 2.45) is 4.99 Å². The minimum absolute atomic E-state index is 0.0313. The molecular formula is C20H34N6O. The van der Waals surface area contributed by atoms with E-state index in [1.54, 1.807) is 26.0 Å². The molecule has 1 aromatic rings. The summed E-state index contributed by atoms with van der Waals surface area (Å²) in [5.74, 6) is 0.848. The third kappa shape index (κ3) is 6.52. The van der Waals surface area contributed by atoms with E-state index in [2.05, 4.69) is 45.6 Å². The topological polar surface area (TPSA) is 63.2 Å². The Morgan fingerprint density at radius 3 is 2.74 bits per heavy atom. The summed E-state index contributed by atoms with van der Waals surface area (Å²) in [5.41, 5.74) is 1.86. The first-order chi connectivity index (χ1) is 12.9. The van der Waals surface area contributed by atoms with Crippen molar-refractivity contribution in [2.45, 2.75) is 12.5 Å². The van der Waals surface area contributed by atoms with Crippen LogP contribution in [-0.4, -0.2) is 101 Å². The molecule has 0 radical (unpaired) electrons. The normalized spacial score (nSPS) is 19.0. The van der Waals surface area contributed by atoms with Crippen LogP contribution in [0.4, 0.5) is 0 Å². The summed E-state index contributed by atoms with van der Waals surface area (Å²) in [6, 6.07) is 8.30. The number of nitrogens with one attached hydrogen (secondary N) is 2. The number of rotatable bonds is 6. The van der Waals surface area contributed by atoms with E-state index in [0.717, 1.165) is 56.2 Å². The standard InChI is InChI=1S/C20H34N6O/c1-21-20(23-14-18-15-25(4)11-12-26(18)5)22-10-9-16-7-6-8-17(13-16)19(27)24(2)3/h6-8,13,18H,9-12,14-15H2,1-5H3,(H2,21,22,23). The van der Waals surface area contributed by atoms with Gasteiger partial charge in [-0.15, -0.1) is 0 Å². The molecule has 1 aliphatic rings. The second kappa shape index (κ2) is 10.3. The number of amides is 1. The van der Waals surface area contributed by atoms with E-state index in [1.807, 2.05) is 18.2 Å². The maximum Gasteiger partial charge on any atom is 0.253 e. The molecular weight excluding hydrogens is 340 g/mol. The van der Waals surface area contributed by atoms with Crippen LogP contribution in [0.2, 0.25) is 0 Å². The maximum atomic E-state index is 12.1. The lowest BCUT2D eigenvalue weighted by Crippen LogP contribution is -2.55. The Hall–Kier alpha value is -2.12. The van der Waals surface area contributed by atoms with E-state index in [0.29, 0.717) is 6.04 Å². The fourth-order valence-electron chi connectivity index (χ4n) is 3.20. The highest BCUT2D eigenvalue weighted by molar-refractivity contribution is 5.94.